The molecule has 9 nitrogen and oxygen atoms in total. The summed E-state index contributed by atoms with van der Waals surface area (Å²) in [5.74, 6) is -0.849. The molecule has 0 aliphatic carbocycles. The molecule has 2 unspecified atom stereocenters. The second-order valence-electron chi connectivity index (χ2n) is 16.7. The van der Waals surface area contributed by atoms with Gasteiger partial charge in [-0.1, -0.05) is 162 Å². The highest BCUT2D eigenvalue weighted by atomic mass is 31.2. The molecule has 354 valence electrons. The highest BCUT2D eigenvalue weighted by molar-refractivity contribution is 7.47. The van der Waals surface area contributed by atoms with Crippen LogP contribution >= 0.6 is 7.82 Å². The molecule has 0 heterocycles. The zero-order valence-corrected chi connectivity index (χ0v) is 40.7. The molecule has 0 rings (SSSR count). The third-order valence-electron chi connectivity index (χ3n) is 9.61. The smallest absolute Gasteiger partial charge is 0.462 e. The van der Waals surface area contributed by atoms with E-state index in [-0.39, 0.29) is 26.1 Å². The minimum Gasteiger partial charge on any atom is -0.462 e. The Labute approximate surface area is 379 Å². The number of quaternary nitrogens is 1. The van der Waals surface area contributed by atoms with Crippen LogP contribution in [0.5, 0.6) is 0 Å². The first-order valence-electron chi connectivity index (χ1n) is 24.0. The van der Waals surface area contributed by atoms with E-state index >= 15 is 0 Å². The highest BCUT2D eigenvalue weighted by Crippen LogP contribution is 2.43. The Morgan fingerprint density at radius 2 is 0.871 bits per heavy atom. The van der Waals surface area contributed by atoms with E-state index in [1.165, 1.54) is 32.1 Å². The minimum atomic E-state index is -4.39. The van der Waals surface area contributed by atoms with Gasteiger partial charge in [0.05, 0.1) is 27.7 Å². The van der Waals surface area contributed by atoms with Crippen LogP contribution in [0.1, 0.15) is 168 Å². The third kappa shape index (κ3) is 46.4. The summed E-state index contributed by atoms with van der Waals surface area (Å²) in [6, 6.07) is 0. The third-order valence-corrected chi connectivity index (χ3v) is 10.6. The number of hydrogen-bond acceptors (Lipinski definition) is 7. The summed E-state index contributed by atoms with van der Waals surface area (Å²) in [7, 11) is 1.44. The summed E-state index contributed by atoms with van der Waals surface area (Å²) in [6.45, 7) is 4.13. The molecular formula is C52H89NO8P+. The van der Waals surface area contributed by atoms with Crippen LogP contribution in [0.4, 0.5) is 0 Å². The lowest BCUT2D eigenvalue weighted by molar-refractivity contribution is -0.870. The number of phosphoric acid groups is 1. The fraction of sp³-hybridized carbons (Fsp3) is 0.654. The maximum Gasteiger partial charge on any atom is 0.472 e. The van der Waals surface area contributed by atoms with Crippen LogP contribution in [0.2, 0.25) is 0 Å². The summed E-state index contributed by atoms with van der Waals surface area (Å²) in [6.07, 6.45) is 57.5. The largest absolute Gasteiger partial charge is 0.472 e. The van der Waals surface area contributed by atoms with Gasteiger partial charge < -0.3 is 18.9 Å². The van der Waals surface area contributed by atoms with Gasteiger partial charge >= 0.3 is 19.8 Å². The molecule has 62 heavy (non-hydrogen) atoms. The lowest BCUT2D eigenvalue weighted by Crippen LogP contribution is -2.37. The average Bonchev–Trinajstić information content (AvgIpc) is 3.23. The number of unbranched alkanes of at least 4 members (excludes halogenated alkanes) is 12. The number of carbonyl (C=O) groups is 2. The van der Waals surface area contributed by atoms with E-state index < -0.39 is 32.5 Å². The summed E-state index contributed by atoms with van der Waals surface area (Å²) < 4.78 is 34.3. The molecule has 0 amide bonds. The molecule has 1 N–H and O–H groups in total. The maximum atomic E-state index is 12.7. The van der Waals surface area contributed by atoms with Gasteiger partial charge in [-0.25, -0.2) is 4.57 Å². The molecule has 0 fully saturated rings. The van der Waals surface area contributed by atoms with Gasteiger partial charge in [-0.2, -0.15) is 0 Å². The molecule has 0 saturated heterocycles. The van der Waals surface area contributed by atoms with Crippen LogP contribution in [0.3, 0.4) is 0 Å². The van der Waals surface area contributed by atoms with Gasteiger partial charge in [-0.3, -0.25) is 18.6 Å². The van der Waals surface area contributed by atoms with Crippen molar-refractivity contribution in [3.05, 3.63) is 97.2 Å². The number of esters is 2. The van der Waals surface area contributed by atoms with Crippen molar-refractivity contribution in [1.29, 1.82) is 0 Å². The first-order valence-corrected chi connectivity index (χ1v) is 25.5. The SMILES string of the molecule is CC/C=C\C/C=C\C/C=C\C/C=C\C/C=C\CCCCCCCCCCCC(=O)OC(COC(=O)CCCCC/C=C\C/C=C\C/C=C\CC)COP(=O)(O)OCC[N+](C)(C)C. The summed E-state index contributed by atoms with van der Waals surface area (Å²) >= 11 is 0. The number of carbonyl (C=O) groups excluding carboxylic acids is 2. The van der Waals surface area contributed by atoms with Crippen LogP contribution < -0.4 is 0 Å². The Kier molecular flexibility index (Phi) is 41.1. The Morgan fingerprint density at radius 3 is 1.31 bits per heavy atom. The maximum absolute atomic E-state index is 12.7. The van der Waals surface area contributed by atoms with Crippen molar-refractivity contribution in [2.45, 2.75) is 174 Å². The lowest BCUT2D eigenvalue weighted by atomic mass is 10.1. The average molecular weight is 887 g/mol. The predicted octanol–water partition coefficient (Wildman–Crippen LogP) is 14.1. The highest BCUT2D eigenvalue weighted by Gasteiger charge is 2.27. The second-order valence-corrected chi connectivity index (χ2v) is 18.2. The first kappa shape index (κ1) is 58.9. The van der Waals surface area contributed by atoms with E-state index in [1.807, 2.05) is 21.1 Å². The Morgan fingerprint density at radius 1 is 0.500 bits per heavy atom. The summed E-state index contributed by atoms with van der Waals surface area (Å²) in [5.41, 5.74) is 0. The van der Waals surface area contributed by atoms with Gasteiger partial charge in [0.15, 0.2) is 6.10 Å². The van der Waals surface area contributed by atoms with Crippen LogP contribution in [-0.2, 0) is 32.7 Å². The molecular weight excluding hydrogens is 798 g/mol. The van der Waals surface area contributed by atoms with Crippen molar-refractivity contribution in [3.63, 3.8) is 0 Å². The molecule has 0 spiro atoms. The minimum absolute atomic E-state index is 0.0201. The van der Waals surface area contributed by atoms with E-state index in [0.29, 0.717) is 23.9 Å². The van der Waals surface area contributed by atoms with E-state index in [1.54, 1.807) is 0 Å². The fourth-order valence-corrected chi connectivity index (χ4v) is 6.68. The van der Waals surface area contributed by atoms with Gasteiger partial charge in [-0.05, 0) is 89.9 Å². The summed E-state index contributed by atoms with van der Waals surface area (Å²) in [4.78, 5) is 35.4. The van der Waals surface area contributed by atoms with Crippen molar-refractivity contribution in [3.8, 4) is 0 Å². The Hall–Kier alpha value is -3.07. The fourth-order valence-electron chi connectivity index (χ4n) is 5.94. The molecule has 0 aliphatic heterocycles. The number of ether oxygens (including phenoxy) is 2. The normalized spacial score (nSPS) is 14.4. The predicted molar refractivity (Wildman–Crippen MR) is 261 cm³/mol. The molecule has 0 radical (unpaired) electrons. The summed E-state index contributed by atoms with van der Waals surface area (Å²) in [5, 5.41) is 0. The van der Waals surface area contributed by atoms with Crippen LogP contribution in [0.25, 0.3) is 0 Å². The molecule has 0 aromatic rings. The second kappa shape index (κ2) is 43.2. The number of allylic oxidation sites excluding steroid dienone is 16. The van der Waals surface area contributed by atoms with Gasteiger partial charge in [0.2, 0.25) is 0 Å². The van der Waals surface area contributed by atoms with Gasteiger partial charge in [-0.15, -0.1) is 0 Å². The Bertz CT molecular complexity index is 1370. The zero-order chi connectivity index (χ0) is 45.7. The number of phosphoric ester groups is 1. The van der Waals surface area contributed by atoms with Crippen molar-refractivity contribution >= 4 is 19.8 Å². The van der Waals surface area contributed by atoms with Crippen molar-refractivity contribution in [2.24, 2.45) is 0 Å². The molecule has 0 saturated carbocycles. The van der Waals surface area contributed by atoms with Gasteiger partial charge in [0, 0.05) is 12.8 Å². The van der Waals surface area contributed by atoms with Crippen molar-refractivity contribution < 1.29 is 42.1 Å². The Balaban J connectivity index is 4.30. The first-order chi connectivity index (χ1) is 30.0. The van der Waals surface area contributed by atoms with E-state index in [0.717, 1.165) is 96.3 Å². The van der Waals surface area contributed by atoms with Crippen LogP contribution in [0.15, 0.2) is 97.2 Å². The number of nitrogens with zero attached hydrogens (tertiary/aromatic N) is 1. The molecule has 0 aromatic heterocycles. The van der Waals surface area contributed by atoms with E-state index in [4.69, 9.17) is 18.5 Å². The monoisotopic (exact) mass is 887 g/mol. The molecule has 0 bridgehead atoms. The van der Waals surface area contributed by atoms with Crippen molar-refractivity contribution in [1.82, 2.24) is 0 Å². The number of likely N-dealkylation sites (N-methyl/N-ethyl adjacent to an activating group) is 1. The van der Waals surface area contributed by atoms with Crippen LogP contribution in [0, 0.1) is 0 Å². The zero-order valence-electron chi connectivity index (χ0n) is 39.8. The quantitative estimate of drug-likeness (QED) is 0.0212. The van der Waals surface area contributed by atoms with Gasteiger partial charge in [0.1, 0.15) is 19.8 Å². The van der Waals surface area contributed by atoms with Crippen LogP contribution in [-0.4, -0.2) is 74.9 Å². The van der Waals surface area contributed by atoms with E-state index in [2.05, 4.69) is 111 Å². The standard InChI is InChI=1S/C52H88NO8P/c1-6-8-10-12-14-16-18-20-21-22-23-24-25-26-27-28-29-30-31-33-35-37-39-41-43-45-52(55)61-50(49-60-62(56,57)59-47-46-53(3,4)5)48-58-51(54)44-42-40-38-36-34-32-19-17-15-13-11-9-7-2/h8-11,14-17,20-21,23-24,26-27,32,34,50H,6-7,12-13,18-19,22,25,28-31,33,35-49H2,1-5H3/p+1/b10-8-,11-9-,16-14-,17-15-,21-20-,24-23-,27-26-,34-32-. The van der Waals surface area contributed by atoms with E-state index in [9.17, 15) is 19.0 Å². The molecule has 2 atom stereocenters. The molecule has 0 aromatic carbocycles. The molecule has 10 heteroatoms. The number of hydrogen-bond donors (Lipinski definition) is 1. The topological polar surface area (TPSA) is 108 Å². The van der Waals surface area contributed by atoms with Gasteiger partial charge in [0.25, 0.3) is 0 Å². The number of rotatable bonds is 42. The lowest BCUT2D eigenvalue weighted by Gasteiger charge is -2.24. The van der Waals surface area contributed by atoms with Crippen molar-refractivity contribution in [2.75, 3.05) is 47.5 Å². The molecule has 0 aliphatic rings.